The second-order valence-corrected chi connectivity index (χ2v) is 5.41. The van der Waals surface area contributed by atoms with Crippen molar-refractivity contribution in [3.63, 3.8) is 0 Å². The summed E-state index contributed by atoms with van der Waals surface area (Å²) in [5, 5.41) is 7.32. The van der Waals surface area contributed by atoms with Crippen LogP contribution in [0.3, 0.4) is 0 Å². The number of pyridine rings is 2. The normalized spacial score (nSPS) is 10.8. The van der Waals surface area contributed by atoms with E-state index < -0.39 is 0 Å². The van der Waals surface area contributed by atoms with E-state index in [-0.39, 0.29) is 0 Å². The molecule has 0 amide bonds. The molecule has 0 unspecified atom stereocenters. The van der Waals surface area contributed by atoms with E-state index in [0.29, 0.717) is 0 Å². The molecule has 0 aliphatic heterocycles. The van der Waals surface area contributed by atoms with Crippen molar-refractivity contribution >= 4 is 44.7 Å². The lowest BCUT2D eigenvalue weighted by molar-refractivity contribution is 0.473. The van der Waals surface area contributed by atoms with Crippen molar-refractivity contribution in [2.24, 2.45) is 0 Å². The number of rotatable bonds is 3. The van der Waals surface area contributed by atoms with E-state index >= 15 is 0 Å². The smallest absolute Gasteiger partial charge is 0.173 e. The first-order chi connectivity index (χ1) is 10.7. The highest BCUT2D eigenvalue weighted by atomic mass is 32.1. The topological polar surface area (TPSA) is 41.0 Å². The van der Waals surface area contributed by atoms with Crippen LogP contribution in [0.5, 0.6) is 0 Å². The number of hydrogen-bond donors (Lipinski definition) is 1. The Balaban J connectivity index is 2.13. The largest absolute Gasteiger partial charge is 0.350 e. The molecule has 5 heteroatoms. The second-order valence-electron chi connectivity index (χ2n) is 5.02. The van der Waals surface area contributed by atoms with Gasteiger partial charge in [0.1, 0.15) is 0 Å². The average Bonchev–Trinajstić information content (AvgIpc) is 2.56. The first-order valence-corrected chi connectivity index (χ1v) is 7.82. The van der Waals surface area contributed by atoms with Gasteiger partial charge in [0.15, 0.2) is 5.11 Å². The molecule has 2 heterocycles. The van der Waals surface area contributed by atoms with Crippen LogP contribution in [0.15, 0.2) is 42.9 Å². The van der Waals surface area contributed by atoms with Crippen LogP contribution in [-0.2, 0) is 0 Å². The van der Waals surface area contributed by atoms with Crippen molar-refractivity contribution in [2.45, 2.75) is 13.8 Å². The standard InChI is InChI=1S/C17H18N4S/c1-3-21(4-2)17(22)20-15-10-12-7-9-18-11-14(12)16-13(15)6-5-8-19-16/h5-11H,3-4H2,1-2H3,(H,20,22). The molecular formula is C17H18N4S. The number of benzene rings is 1. The summed E-state index contributed by atoms with van der Waals surface area (Å²) in [4.78, 5) is 10.9. The van der Waals surface area contributed by atoms with Crippen molar-refractivity contribution in [2.75, 3.05) is 18.4 Å². The summed E-state index contributed by atoms with van der Waals surface area (Å²) < 4.78 is 0. The molecule has 112 valence electrons. The molecule has 0 saturated heterocycles. The average molecular weight is 310 g/mol. The van der Waals surface area contributed by atoms with E-state index in [4.69, 9.17) is 12.2 Å². The zero-order chi connectivity index (χ0) is 15.5. The van der Waals surface area contributed by atoms with Crippen LogP contribution in [0.25, 0.3) is 21.7 Å². The summed E-state index contributed by atoms with van der Waals surface area (Å²) in [5.41, 5.74) is 1.93. The van der Waals surface area contributed by atoms with Crippen LogP contribution < -0.4 is 5.32 Å². The van der Waals surface area contributed by atoms with Crippen LogP contribution in [0.4, 0.5) is 5.69 Å². The monoisotopic (exact) mass is 310 g/mol. The first-order valence-electron chi connectivity index (χ1n) is 7.42. The summed E-state index contributed by atoms with van der Waals surface area (Å²) >= 11 is 5.52. The maximum absolute atomic E-state index is 5.52. The Labute approximate surface area is 135 Å². The molecule has 0 aliphatic rings. The Morgan fingerprint density at radius 3 is 2.77 bits per heavy atom. The minimum Gasteiger partial charge on any atom is -0.350 e. The predicted octanol–water partition coefficient (Wildman–Crippen LogP) is 3.82. The highest BCUT2D eigenvalue weighted by Gasteiger charge is 2.11. The molecule has 0 saturated carbocycles. The fraction of sp³-hybridized carbons (Fsp3) is 0.235. The molecule has 1 aromatic carbocycles. The van der Waals surface area contributed by atoms with Gasteiger partial charge in [0.2, 0.25) is 0 Å². The summed E-state index contributed by atoms with van der Waals surface area (Å²) in [5.74, 6) is 0. The van der Waals surface area contributed by atoms with Gasteiger partial charge in [0.25, 0.3) is 0 Å². The minimum atomic E-state index is 0.739. The zero-order valence-corrected chi connectivity index (χ0v) is 13.5. The fourth-order valence-corrected chi connectivity index (χ4v) is 2.98. The maximum atomic E-state index is 5.52. The molecule has 3 aromatic rings. The Bertz CT molecular complexity index is 827. The number of anilines is 1. The number of hydrogen-bond acceptors (Lipinski definition) is 3. The van der Waals surface area contributed by atoms with Crippen molar-refractivity contribution in [1.82, 2.24) is 14.9 Å². The maximum Gasteiger partial charge on any atom is 0.173 e. The molecule has 2 aromatic heterocycles. The van der Waals surface area contributed by atoms with Crippen molar-refractivity contribution in [1.29, 1.82) is 0 Å². The Morgan fingerprint density at radius 2 is 2.00 bits per heavy atom. The Hall–Kier alpha value is -2.27. The molecule has 0 spiro atoms. The number of aromatic nitrogens is 2. The molecule has 1 N–H and O–H groups in total. The van der Waals surface area contributed by atoms with Crippen molar-refractivity contribution in [3.8, 4) is 0 Å². The highest BCUT2D eigenvalue weighted by Crippen LogP contribution is 2.30. The summed E-state index contributed by atoms with van der Waals surface area (Å²) in [6.07, 6.45) is 5.46. The third-order valence-corrected chi connectivity index (χ3v) is 4.16. The van der Waals surface area contributed by atoms with Gasteiger partial charge in [-0.05, 0) is 55.7 Å². The van der Waals surface area contributed by atoms with E-state index in [9.17, 15) is 0 Å². The third-order valence-electron chi connectivity index (χ3n) is 3.80. The van der Waals surface area contributed by atoms with Gasteiger partial charge in [-0.2, -0.15) is 0 Å². The lowest BCUT2D eigenvalue weighted by Gasteiger charge is -2.23. The molecule has 0 bridgehead atoms. The van der Waals surface area contributed by atoms with E-state index in [1.807, 2.05) is 18.3 Å². The Kier molecular flexibility index (Phi) is 4.15. The molecule has 3 rings (SSSR count). The van der Waals surface area contributed by atoms with Gasteiger partial charge in [-0.3, -0.25) is 9.97 Å². The second kappa shape index (κ2) is 6.23. The predicted molar refractivity (Wildman–Crippen MR) is 96.2 cm³/mol. The quantitative estimate of drug-likeness (QED) is 0.588. The Morgan fingerprint density at radius 1 is 1.18 bits per heavy atom. The van der Waals surface area contributed by atoms with Crippen LogP contribution in [0.1, 0.15) is 13.8 Å². The molecule has 0 fully saturated rings. The van der Waals surface area contributed by atoms with Crippen LogP contribution in [0.2, 0.25) is 0 Å². The lowest BCUT2D eigenvalue weighted by Crippen LogP contribution is -2.34. The molecular weight excluding hydrogens is 292 g/mol. The van der Waals surface area contributed by atoms with Gasteiger partial charge >= 0.3 is 0 Å². The van der Waals surface area contributed by atoms with Crippen LogP contribution >= 0.6 is 12.2 Å². The van der Waals surface area contributed by atoms with E-state index in [1.54, 1.807) is 12.4 Å². The SMILES string of the molecule is CCN(CC)C(=S)Nc1cc2ccncc2c2ncccc12. The van der Waals surface area contributed by atoms with Gasteiger partial charge < -0.3 is 10.2 Å². The summed E-state index contributed by atoms with van der Waals surface area (Å²) in [7, 11) is 0. The van der Waals surface area contributed by atoms with E-state index in [1.165, 1.54) is 0 Å². The first kappa shape index (κ1) is 14.7. The molecule has 4 nitrogen and oxygen atoms in total. The zero-order valence-electron chi connectivity index (χ0n) is 12.7. The van der Waals surface area contributed by atoms with Gasteiger partial charge in [-0.1, -0.05) is 0 Å². The van der Waals surface area contributed by atoms with Gasteiger partial charge in [0, 0.05) is 42.5 Å². The van der Waals surface area contributed by atoms with E-state index in [0.717, 1.165) is 45.6 Å². The number of nitrogens with one attached hydrogen (secondary N) is 1. The summed E-state index contributed by atoms with van der Waals surface area (Å²) in [6.45, 7) is 5.97. The molecule has 0 atom stereocenters. The highest BCUT2D eigenvalue weighted by molar-refractivity contribution is 7.80. The van der Waals surface area contributed by atoms with Gasteiger partial charge in [-0.15, -0.1) is 0 Å². The molecule has 22 heavy (non-hydrogen) atoms. The third kappa shape index (κ3) is 2.60. The summed E-state index contributed by atoms with van der Waals surface area (Å²) in [6, 6.07) is 8.10. The minimum absolute atomic E-state index is 0.739. The van der Waals surface area contributed by atoms with Gasteiger partial charge in [-0.25, -0.2) is 0 Å². The number of nitrogens with zero attached hydrogens (tertiary/aromatic N) is 3. The van der Waals surface area contributed by atoms with Crippen molar-refractivity contribution in [3.05, 3.63) is 42.9 Å². The van der Waals surface area contributed by atoms with Gasteiger partial charge in [0.05, 0.1) is 11.2 Å². The molecule has 0 radical (unpaired) electrons. The molecule has 0 aliphatic carbocycles. The number of fused-ring (bicyclic) bond motifs is 3. The van der Waals surface area contributed by atoms with Crippen LogP contribution in [-0.4, -0.2) is 33.1 Å². The lowest BCUT2D eigenvalue weighted by atomic mass is 10.1. The van der Waals surface area contributed by atoms with Crippen LogP contribution in [0, 0.1) is 0 Å². The van der Waals surface area contributed by atoms with E-state index in [2.05, 4.69) is 46.2 Å². The number of thiocarbonyl (C=S) groups is 1. The fourth-order valence-electron chi connectivity index (χ4n) is 2.61. The van der Waals surface area contributed by atoms with Crippen molar-refractivity contribution < 1.29 is 0 Å².